The summed E-state index contributed by atoms with van der Waals surface area (Å²) >= 11 is 0. The quantitative estimate of drug-likeness (QED) is 0.557. The third-order valence-electron chi connectivity index (χ3n) is 2.47. The number of hydrogen-bond acceptors (Lipinski definition) is 7. The van der Waals surface area contributed by atoms with Gasteiger partial charge in [-0.15, -0.1) is 10.2 Å². The highest BCUT2D eigenvalue weighted by molar-refractivity contribution is 5.84. The van der Waals surface area contributed by atoms with Crippen molar-refractivity contribution in [3.05, 3.63) is 39.8 Å². The monoisotopic (exact) mass is 275 g/mol. The number of ether oxygens (including phenoxy) is 1. The highest BCUT2D eigenvalue weighted by atomic mass is 16.5. The summed E-state index contributed by atoms with van der Waals surface area (Å²) < 4.78 is 5.04. The minimum atomic E-state index is -0.345. The Morgan fingerprint density at radius 2 is 2.25 bits per heavy atom. The van der Waals surface area contributed by atoms with Crippen LogP contribution in [0.4, 0.5) is 5.95 Å². The van der Waals surface area contributed by atoms with Gasteiger partial charge in [0, 0.05) is 5.56 Å². The average molecular weight is 275 g/mol. The molecule has 8 nitrogen and oxygen atoms in total. The Balaban J connectivity index is 2.13. The molecule has 0 aliphatic heterocycles. The summed E-state index contributed by atoms with van der Waals surface area (Å²) in [7, 11) is 1.53. The highest BCUT2D eigenvalue weighted by Crippen LogP contribution is 2.20. The van der Waals surface area contributed by atoms with Gasteiger partial charge >= 0.3 is 0 Å². The number of nitrogens with zero attached hydrogens (tertiary/aromatic N) is 3. The third-order valence-corrected chi connectivity index (χ3v) is 2.47. The Morgan fingerprint density at radius 3 is 2.95 bits per heavy atom. The highest BCUT2D eigenvalue weighted by Gasteiger charge is 2.01. The second-order valence-electron chi connectivity index (χ2n) is 3.88. The van der Waals surface area contributed by atoms with Crippen molar-refractivity contribution in [2.45, 2.75) is 6.92 Å². The third kappa shape index (κ3) is 3.10. The minimum Gasteiger partial charge on any atom is -0.507 e. The van der Waals surface area contributed by atoms with E-state index in [0.717, 1.165) is 0 Å². The molecule has 0 radical (unpaired) electrons. The largest absolute Gasteiger partial charge is 0.507 e. The number of aromatic hydroxyl groups is 1. The predicted octanol–water partition coefficient (Wildman–Crippen LogP) is 0.634. The van der Waals surface area contributed by atoms with E-state index in [1.807, 2.05) is 0 Å². The lowest BCUT2D eigenvalue weighted by molar-refractivity contribution is 0.412. The smallest absolute Gasteiger partial charge is 0.274 e. The number of rotatable bonds is 4. The molecule has 1 heterocycles. The van der Waals surface area contributed by atoms with Crippen molar-refractivity contribution in [3.63, 3.8) is 0 Å². The zero-order valence-electron chi connectivity index (χ0n) is 10.9. The molecule has 8 heteroatoms. The van der Waals surface area contributed by atoms with Crippen molar-refractivity contribution in [3.8, 4) is 11.5 Å². The number of aromatic amines is 1. The van der Waals surface area contributed by atoms with Gasteiger partial charge in [-0.25, -0.2) is 5.43 Å². The van der Waals surface area contributed by atoms with E-state index in [4.69, 9.17) is 4.74 Å². The van der Waals surface area contributed by atoms with Crippen LogP contribution in [0.25, 0.3) is 0 Å². The zero-order chi connectivity index (χ0) is 14.5. The van der Waals surface area contributed by atoms with Crippen molar-refractivity contribution in [2.75, 3.05) is 12.5 Å². The van der Waals surface area contributed by atoms with Crippen molar-refractivity contribution < 1.29 is 9.84 Å². The van der Waals surface area contributed by atoms with Crippen LogP contribution < -0.4 is 15.7 Å². The average Bonchev–Trinajstić information content (AvgIpc) is 2.45. The molecule has 0 fully saturated rings. The van der Waals surface area contributed by atoms with Gasteiger partial charge < -0.3 is 9.84 Å². The van der Waals surface area contributed by atoms with Gasteiger partial charge in [0.05, 0.1) is 13.3 Å². The molecule has 0 unspecified atom stereocenters. The number of phenolic OH excluding ortho intramolecular Hbond substituents is 1. The number of benzene rings is 1. The van der Waals surface area contributed by atoms with Crippen LogP contribution >= 0.6 is 0 Å². The van der Waals surface area contributed by atoms with Gasteiger partial charge in [-0.3, -0.25) is 9.78 Å². The summed E-state index contributed by atoms with van der Waals surface area (Å²) in [5.74, 6) is 0.756. The Kier molecular flexibility index (Phi) is 3.94. The lowest BCUT2D eigenvalue weighted by atomic mass is 10.2. The van der Waals surface area contributed by atoms with Gasteiger partial charge in [-0.2, -0.15) is 5.10 Å². The van der Waals surface area contributed by atoms with Gasteiger partial charge in [-0.1, -0.05) is 0 Å². The molecule has 0 saturated carbocycles. The molecular formula is C12H13N5O3. The van der Waals surface area contributed by atoms with E-state index in [1.54, 1.807) is 19.1 Å². The first kappa shape index (κ1) is 13.5. The van der Waals surface area contributed by atoms with E-state index in [2.05, 4.69) is 25.7 Å². The first-order chi connectivity index (χ1) is 9.60. The standard InChI is InChI=1S/C12H13N5O3/c1-7-11(19)14-12(17-15-7)16-13-6-8-5-9(20-2)3-4-10(8)18/h3-6,18H,1-2H3,(H2,14,16,17,19)/b13-6+. The van der Waals surface area contributed by atoms with E-state index >= 15 is 0 Å². The van der Waals surface area contributed by atoms with Crippen molar-refractivity contribution in [1.29, 1.82) is 0 Å². The van der Waals surface area contributed by atoms with Crippen LogP contribution in [0.1, 0.15) is 11.3 Å². The maximum absolute atomic E-state index is 11.3. The Hall–Kier alpha value is -2.90. The zero-order valence-corrected chi connectivity index (χ0v) is 10.9. The summed E-state index contributed by atoms with van der Waals surface area (Å²) in [6.45, 7) is 1.55. The first-order valence-electron chi connectivity index (χ1n) is 5.70. The summed E-state index contributed by atoms with van der Waals surface area (Å²) in [4.78, 5) is 13.8. The molecule has 1 aromatic heterocycles. The minimum absolute atomic E-state index is 0.0554. The molecule has 3 N–H and O–H groups in total. The van der Waals surface area contributed by atoms with E-state index in [-0.39, 0.29) is 23.0 Å². The maximum Gasteiger partial charge on any atom is 0.274 e. The second kappa shape index (κ2) is 5.83. The summed E-state index contributed by atoms with van der Waals surface area (Å²) in [5, 5.41) is 20.9. The molecule has 0 amide bonds. The van der Waals surface area contributed by atoms with Crippen LogP contribution in [0.15, 0.2) is 28.1 Å². The molecule has 0 saturated heterocycles. The molecule has 20 heavy (non-hydrogen) atoms. The molecule has 2 rings (SSSR count). The van der Waals surface area contributed by atoms with Crippen LogP contribution in [0.3, 0.4) is 0 Å². The molecule has 0 spiro atoms. The van der Waals surface area contributed by atoms with Crippen LogP contribution in [-0.2, 0) is 0 Å². The number of anilines is 1. The number of phenols is 1. The molecular weight excluding hydrogens is 262 g/mol. The maximum atomic E-state index is 11.3. The number of aryl methyl sites for hydroxylation is 1. The molecule has 0 atom stereocenters. The van der Waals surface area contributed by atoms with Crippen molar-refractivity contribution >= 4 is 12.2 Å². The predicted molar refractivity (Wildman–Crippen MR) is 73.3 cm³/mol. The fourth-order valence-electron chi connectivity index (χ4n) is 1.37. The second-order valence-corrected chi connectivity index (χ2v) is 3.88. The molecule has 0 bridgehead atoms. The van der Waals surface area contributed by atoms with E-state index in [0.29, 0.717) is 11.3 Å². The van der Waals surface area contributed by atoms with Gasteiger partial charge in [0.2, 0.25) is 5.95 Å². The van der Waals surface area contributed by atoms with Crippen LogP contribution in [0.2, 0.25) is 0 Å². The normalized spacial score (nSPS) is 10.7. The first-order valence-corrected chi connectivity index (χ1v) is 5.70. The number of nitrogens with one attached hydrogen (secondary N) is 2. The Morgan fingerprint density at radius 1 is 1.45 bits per heavy atom. The SMILES string of the molecule is COc1ccc(O)c(/C=N/Nc2nnc(C)c(=O)[nH]2)c1. The summed E-state index contributed by atoms with van der Waals surface area (Å²) in [6, 6.07) is 4.74. The fourth-order valence-corrected chi connectivity index (χ4v) is 1.37. The fraction of sp³-hybridized carbons (Fsp3) is 0.167. The number of hydrazone groups is 1. The molecule has 2 aromatic rings. The topological polar surface area (TPSA) is 112 Å². The van der Waals surface area contributed by atoms with Crippen LogP contribution in [-0.4, -0.2) is 33.6 Å². The van der Waals surface area contributed by atoms with Crippen molar-refractivity contribution in [2.24, 2.45) is 5.10 Å². The lowest BCUT2D eigenvalue weighted by Crippen LogP contribution is -2.15. The molecule has 104 valence electrons. The Labute approximate surface area is 114 Å². The number of H-pyrrole nitrogens is 1. The van der Waals surface area contributed by atoms with Crippen LogP contribution in [0.5, 0.6) is 11.5 Å². The van der Waals surface area contributed by atoms with Crippen LogP contribution in [0, 0.1) is 6.92 Å². The summed E-state index contributed by atoms with van der Waals surface area (Å²) in [6.07, 6.45) is 1.37. The van der Waals surface area contributed by atoms with E-state index in [1.165, 1.54) is 19.4 Å². The van der Waals surface area contributed by atoms with Crippen molar-refractivity contribution in [1.82, 2.24) is 15.2 Å². The molecule has 0 aliphatic carbocycles. The number of hydrogen-bond donors (Lipinski definition) is 3. The Bertz CT molecular complexity index is 696. The number of methoxy groups -OCH3 is 1. The number of aromatic nitrogens is 3. The summed E-state index contributed by atoms with van der Waals surface area (Å²) in [5.41, 5.74) is 2.89. The van der Waals surface area contributed by atoms with Gasteiger partial charge in [-0.05, 0) is 25.1 Å². The van der Waals surface area contributed by atoms with E-state index < -0.39 is 0 Å². The molecule has 1 aromatic carbocycles. The van der Waals surface area contributed by atoms with Gasteiger partial charge in [0.15, 0.2) is 0 Å². The lowest BCUT2D eigenvalue weighted by Gasteiger charge is -2.03. The van der Waals surface area contributed by atoms with Gasteiger partial charge in [0.1, 0.15) is 17.2 Å². The van der Waals surface area contributed by atoms with Gasteiger partial charge in [0.25, 0.3) is 5.56 Å². The molecule has 0 aliphatic rings. The van der Waals surface area contributed by atoms with E-state index in [9.17, 15) is 9.90 Å².